The molecule has 0 bridgehead atoms. The zero-order valence-corrected chi connectivity index (χ0v) is 17.0. The van der Waals surface area contributed by atoms with Crippen molar-refractivity contribution in [2.24, 2.45) is 18.9 Å². The Morgan fingerprint density at radius 2 is 1.93 bits per heavy atom. The van der Waals surface area contributed by atoms with Crippen LogP contribution in [0.15, 0.2) is 45.5 Å². The Kier molecular flexibility index (Phi) is 5.59. The number of nitro groups is 1. The summed E-state index contributed by atoms with van der Waals surface area (Å²) >= 11 is 1.13. The molecule has 2 aromatic rings. The first-order valence-electron chi connectivity index (χ1n) is 8.62. The fraction of sp³-hybridized carbons (Fsp3) is 0.471. The lowest BCUT2D eigenvalue weighted by Gasteiger charge is -2.34. The van der Waals surface area contributed by atoms with Gasteiger partial charge in [0.25, 0.3) is 5.69 Å². The van der Waals surface area contributed by atoms with E-state index in [1.54, 1.807) is 24.0 Å². The van der Waals surface area contributed by atoms with Gasteiger partial charge in [0.2, 0.25) is 10.0 Å². The van der Waals surface area contributed by atoms with Crippen molar-refractivity contribution in [3.8, 4) is 0 Å². The highest BCUT2D eigenvalue weighted by molar-refractivity contribution is 7.99. The molecule has 1 fully saturated rings. The topological polar surface area (TPSA) is 98.3 Å². The van der Waals surface area contributed by atoms with E-state index in [1.165, 1.54) is 16.4 Å². The summed E-state index contributed by atoms with van der Waals surface area (Å²) in [5.41, 5.74) is -0.234. The lowest BCUT2D eigenvalue weighted by Crippen LogP contribution is -2.42. The number of sulfonamides is 1. The number of benzene rings is 1. The smallest absolute Gasteiger partial charge is 0.284 e. The van der Waals surface area contributed by atoms with Gasteiger partial charge >= 0.3 is 0 Å². The van der Waals surface area contributed by atoms with Crippen LogP contribution in [0.25, 0.3) is 0 Å². The molecule has 1 aliphatic heterocycles. The van der Waals surface area contributed by atoms with Crippen molar-refractivity contribution < 1.29 is 13.3 Å². The predicted octanol–water partition coefficient (Wildman–Crippen LogP) is 3.15. The summed E-state index contributed by atoms with van der Waals surface area (Å²) in [5, 5.41) is 12.1. The van der Waals surface area contributed by atoms with Gasteiger partial charge in [0.05, 0.1) is 14.7 Å². The molecule has 1 saturated heterocycles. The molecular formula is C17H22N4O4S2. The first-order chi connectivity index (χ1) is 12.7. The van der Waals surface area contributed by atoms with Gasteiger partial charge in [-0.2, -0.15) is 4.31 Å². The van der Waals surface area contributed by atoms with E-state index < -0.39 is 14.9 Å². The fourth-order valence-electron chi connectivity index (χ4n) is 3.39. The van der Waals surface area contributed by atoms with Crippen LogP contribution in [0.4, 0.5) is 5.69 Å². The van der Waals surface area contributed by atoms with Crippen LogP contribution in [0.2, 0.25) is 0 Å². The molecule has 2 atom stereocenters. The summed E-state index contributed by atoms with van der Waals surface area (Å²) in [6, 6.07) is 4.09. The Labute approximate surface area is 162 Å². The Morgan fingerprint density at radius 1 is 1.26 bits per heavy atom. The summed E-state index contributed by atoms with van der Waals surface area (Å²) in [6.45, 7) is 4.91. The Balaban J connectivity index is 1.96. The zero-order valence-electron chi connectivity index (χ0n) is 15.4. The molecule has 10 heteroatoms. The fourth-order valence-corrected chi connectivity index (χ4v) is 5.98. The minimum atomic E-state index is -3.77. The molecule has 1 aliphatic rings. The first-order valence-corrected chi connectivity index (χ1v) is 10.9. The standard InChI is InChI=1S/C17H22N4O4S2/c1-12-8-13(2)11-20(10-12)27(24,25)14-4-5-16(15(9-14)21(22)23)26-17-18-6-7-19(17)3/h4-7,9,12-13H,8,10-11H2,1-3H3/t12-,13+. The van der Waals surface area contributed by atoms with Crippen molar-refractivity contribution in [2.45, 2.75) is 35.2 Å². The van der Waals surface area contributed by atoms with Crippen LogP contribution < -0.4 is 0 Å². The average Bonchev–Trinajstić information content (AvgIpc) is 2.99. The van der Waals surface area contributed by atoms with Crippen LogP contribution in [-0.4, -0.2) is 40.3 Å². The highest BCUT2D eigenvalue weighted by Gasteiger charge is 2.33. The van der Waals surface area contributed by atoms with E-state index in [0.717, 1.165) is 24.2 Å². The molecule has 146 valence electrons. The van der Waals surface area contributed by atoms with E-state index >= 15 is 0 Å². The van der Waals surface area contributed by atoms with E-state index in [1.807, 2.05) is 13.8 Å². The molecular weight excluding hydrogens is 388 g/mol. The summed E-state index contributed by atoms with van der Waals surface area (Å²) < 4.78 is 29.2. The molecule has 0 saturated carbocycles. The number of hydrogen-bond donors (Lipinski definition) is 0. The van der Waals surface area contributed by atoms with E-state index in [9.17, 15) is 18.5 Å². The monoisotopic (exact) mass is 410 g/mol. The molecule has 0 spiro atoms. The highest BCUT2D eigenvalue weighted by Crippen LogP contribution is 2.36. The van der Waals surface area contributed by atoms with Crippen molar-refractivity contribution >= 4 is 27.5 Å². The molecule has 3 rings (SSSR count). The van der Waals surface area contributed by atoms with Gasteiger partial charge in [-0.3, -0.25) is 10.1 Å². The summed E-state index contributed by atoms with van der Waals surface area (Å²) in [4.78, 5) is 15.5. The molecule has 0 aliphatic carbocycles. The first kappa shape index (κ1) is 19.8. The second kappa shape index (κ2) is 7.61. The van der Waals surface area contributed by atoms with E-state index in [4.69, 9.17) is 0 Å². The van der Waals surface area contributed by atoms with Crippen LogP contribution in [0, 0.1) is 22.0 Å². The molecule has 1 aromatic carbocycles. The number of nitrogens with zero attached hydrogens (tertiary/aromatic N) is 4. The predicted molar refractivity (Wildman–Crippen MR) is 102 cm³/mol. The van der Waals surface area contributed by atoms with Crippen LogP contribution in [-0.2, 0) is 17.1 Å². The number of nitro benzene ring substituents is 1. The van der Waals surface area contributed by atoms with Gasteiger partial charge in [-0.25, -0.2) is 13.4 Å². The summed E-state index contributed by atoms with van der Waals surface area (Å²) in [7, 11) is -1.98. The molecule has 0 N–H and O–H groups in total. The molecule has 1 aromatic heterocycles. The Morgan fingerprint density at radius 3 is 2.48 bits per heavy atom. The second-order valence-corrected chi connectivity index (χ2v) is 10.0. The highest BCUT2D eigenvalue weighted by atomic mass is 32.2. The summed E-state index contributed by atoms with van der Waals surface area (Å²) in [6.07, 6.45) is 4.32. The average molecular weight is 411 g/mol. The second-order valence-electron chi connectivity index (χ2n) is 7.08. The lowest BCUT2D eigenvalue weighted by atomic mass is 9.94. The van der Waals surface area contributed by atoms with E-state index in [-0.39, 0.29) is 22.4 Å². The van der Waals surface area contributed by atoms with Crippen LogP contribution in [0.3, 0.4) is 0 Å². The Bertz CT molecular complexity index is 948. The van der Waals surface area contributed by atoms with Gasteiger partial charge in [-0.05, 0) is 42.2 Å². The number of rotatable bonds is 5. The van der Waals surface area contributed by atoms with Crippen LogP contribution >= 0.6 is 11.8 Å². The maximum Gasteiger partial charge on any atom is 0.284 e. The third-order valence-corrected chi connectivity index (χ3v) is 7.55. The third kappa shape index (κ3) is 4.17. The largest absolute Gasteiger partial charge is 0.329 e. The van der Waals surface area contributed by atoms with Crippen molar-refractivity contribution in [3.63, 3.8) is 0 Å². The molecule has 27 heavy (non-hydrogen) atoms. The van der Waals surface area contributed by atoms with Crippen LogP contribution in [0.1, 0.15) is 20.3 Å². The van der Waals surface area contributed by atoms with Gasteiger partial charge in [-0.1, -0.05) is 13.8 Å². The third-order valence-electron chi connectivity index (χ3n) is 4.58. The molecule has 2 heterocycles. The minimum Gasteiger partial charge on any atom is -0.329 e. The maximum atomic E-state index is 13.0. The Hall–Kier alpha value is -1.91. The number of hydrogen-bond acceptors (Lipinski definition) is 6. The minimum absolute atomic E-state index is 0.0420. The van der Waals surface area contributed by atoms with Crippen molar-refractivity contribution in [3.05, 3.63) is 40.7 Å². The van der Waals surface area contributed by atoms with Crippen molar-refractivity contribution in [1.82, 2.24) is 13.9 Å². The van der Waals surface area contributed by atoms with Crippen molar-refractivity contribution in [1.29, 1.82) is 0 Å². The quantitative estimate of drug-likeness (QED) is 0.555. The lowest BCUT2D eigenvalue weighted by molar-refractivity contribution is -0.388. The van der Waals surface area contributed by atoms with Gasteiger partial charge in [0.1, 0.15) is 0 Å². The normalized spacial score (nSPS) is 21.3. The van der Waals surface area contributed by atoms with Gasteiger partial charge in [0.15, 0.2) is 5.16 Å². The number of piperidine rings is 1. The van der Waals surface area contributed by atoms with Gasteiger partial charge in [-0.15, -0.1) is 0 Å². The number of aromatic nitrogens is 2. The van der Waals surface area contributed by atoms with Crippen LogP contribution in [0.5, 0.6) is 0 Å². The number of aryl methyl sites for hydroxylation is 1. The molecule has 0 radical (unpaired) electrons. The number of imidazole rings is 1. The van der Waals surface area contributed by atoms with E-state index in [2.05, 4.69) is 4.98 Å². The molecule has 0 amide bonds. The van der Waals surface area contributed by atoms with Gasteiger partial charge < -0.3 is 4.57 Å². The molecule has 0 unspecified atom stereocenters. The SMILES string of the molecule is C[C@@H]1C[C@H](C)CN(S(=O)(=O)c2ccc(Sc3nccn3C)c([N+](=O)[O-])c2)C1. The zero-order chi connectivity index (χ0) is 19.8. The van der Waals surface area contributed by atoms with E-state index in [0.29, 0.717) is 23.1 Å². The molecule has 8 nitrogen and oxygen atoms in total. The van der Waals surface area contributed by atoms with Crippen molar-refractivity contribution in [2.75, 3.05) is 13.1 Å². The maximum absolute atomic E-state index is 13.0. The van der Waals surface area contributed by atoms with Gasteiger partial charge in [0, 0.05) is 38.6 Å². The summed E-state index contributed by atoms with van der Waals surface area (Å²) in [5.74, 6) is 0.522.